The second kappa shape index (κ2) is 7.22. The molecule has 5 rings (SSSR count). The zero-order valence-corrected chi connectivity index (χ0v) is 17.3. The third kappa shape index (κ3) is 3.26. The van der Waals surface area contributed by atoms with E-state index in [1.54, 1.807) is 6.20 Å². The molecule has 3 heterocycles. The lowest BCUT2D eigenvalue weighted by Gasteiger charge is -2.19. The fraction of sp³-hybridized carbons (Fsp3) is 0.167. The van der Waals surface area contributed by atoms with E-state index in [1.807, 2.05) is 19.3 Å². The topological polar surface area (TPSA) is 61.8 Å². The lowest BCUT2D eigenvalue weighted by atomic mass is 10.1. The SMILES string of the molecule is Cc1cc2cc(N(C)c3ccnc(NCc4ccc5[nH]ccc5c4)n3)ccc2n1C. The molecule has 0 amide bonds. The quantitative estimate of drug-likeness (QED) is 0.432. The summed E-state index contributed by atoms with van der Waals surface area (Å²) in [7, 11) is 4.13. The van der Waals surface area contributed by atoms with Crippen LogP contribution in [-0.4, -0.2) is 26.6 Å². The summed E-state index contributed by atoms with van der Waals surface area (Å²) in [5.41, 5.74) is 5.90. The first-order chi connectivity index (χ1) is 14.6. The molecule has 0 radical (unpaired) electrons. The van der Waals surface area contributed by atoms with Gasteiger partial charge < -0.3 is 19.8 Å². The summed E-state index contributed by atoms with van der Waals surface area (Å²) >= 11 is 0. The predicted molar refractivity (Wildman–Crippen MR) is 123 cm³/mol. The largest absolute Gasteiger partial charge is 0.361 e. The maximum absolute atomic E-state index is 4.71. The summed E-state index contributed by atoms with van der Waals surface area (Å²) in [6.45, 7) is 2.79. The number of aromatic amines is 1. The van der Waals surface area contributed by atoms with Gasteiger partial charge in [-0.3, -0.25) is 0 Å². The van der Waals surface area contributed by atoms with E-state index in [2.05, 4.69) is 87.3 Å². The van der Waals surface area contributed by atoms with Crippen LogP contribution in [-0.2, 0) is 13.6 Å². The van der Waals surface area contributed by atoms with E-state index in [4.69, 9.17) is 4.98 Å². The molecule has 3 aromatic heterocycles. The molecule has 2 aromatic carbocycles. The van der Waals surface area contributed by atoms with E-state index in [9.17, 15) is 0 Å². The van der Waals surface area contributed by atoms with Gasteiger partial charge in [-0.15, -0.1) is 0 Å². The normalized spacial score (nSPS) is 11.3. The Hall–Kier alpha value is -3.80. The maximum atomic E-state index is 4.71. The molecular formula is C24H24N6. The summed E-state index contributed by atoms with van der Waals surface area (Å²) < 4.78 is 2.21. The minimum atomic E-state index is 0.616. The molecule has 0 fully saturated rings. The number of nitrogens with one attached hydrogen (secondary N) is 2. The van der Waals surface area contributed by atoms with Crippen LogP contribution in [0.2, 0.25) is 0 Å². The van der Waals surface area contributed by atoms with E-state index in [0.717, 1.165) is 17.0 Å². The summed E-state index contributed by atoms with van der Waals surface area (Å²) in [4.78, 5) is 14.4. The molecule has 0 aliphatic heterocycles. The first-order valence-corrected chi connectivity index (χ1v) is 10.0. The van der Waals surface area contributed by atoms with Crippen molar-refractivity contribution in [3.8, 4) is 0 Å². The molecule has 6 heteroatoms. The molecule has 6 nitrogen and oxygen atoms in total. The maximum Gasteiger partial charge on any atom is 0.224 e. The van der Waals surface area contributed by atoms with Gasteiger partial charge in [0.25, 0.3) is 0 Å². The van der Waals surface area contributed by atoms with Crippen LogP contribution in [0.25, 0.3) is 21.8 Å². The lowest BCUT2D eigenvalue weighted by molar-refractivity contribution is 0.918. The highest BCUT2D eigenvalue weighted by Gasteiger charge is 2.10. The van der Waals surface area contributed by atoms with E-state index >= 15 is 0 Å². The number of fused-ring (bicyclic) bond motifs is 2. The first kappa shape index (κ1) is 18.2. The Morgan fingerprint density at radius 3 is 2.83 bits per heavy atom. The number of aromatic nitrogens is 4. The van der Waals surface area contributed by atoms with Crippen LogP contribution in [0.4, 0.5) is 17.5 Å². The molecule has 0 atom stereocenters. The van der Waals surface area contributed by atoms with Crippen molar-refractivity contribution < 1.29 is 0 Å². The van der Waals surface area contributed by atoms with Crippen LogP contribution < -0.4 is 10.2 Å². The van der Waals surface area contributed by atoms with Crippen LogP contribution in [0.1, 0.15) is 11.3 Å². The molecule has 2 N–H and O–H groups in total. The highest BCUT2D eigenvalue weighted by Crippen LogP contribution is 2.28. The Balaban J connectivity index is 1.35. The number of hydrogen-bond donors (Lipinski definition) is 2. The van der Waals surface area contributed by atoms with Gasteiger partial charge >= 0.3 is 0 Å². The highest BCUT2D eigenvalue weighted by atomic mass is 15.2. The van der Waals surface area contributed by atoms with E-state index in [1.165, 1.54) is 27.5 Å². The van der Waals surface area contributed by atoms with Crippen molar-refractivity contribution in [1.29, 1.82) is 0 Å². The van der Waals surface area contributed by atoms with E-state index in [0.29, 0.717) is 12.5 Å². The van der Waals surface area contributed by atoms with Gasteiger partial charge in [-0.1, -0.05) is 6.07 Å². The van der Waals surface area contributed by atoms with Gasteiger partial charge in [0.2, 0.25) is 5.95 Å². The molecule has 0 unspecified atom stereocenters. The van der Waals surface area contributed by atoms with Gasteiger partial charge in [0.05, 0.1) is 0 Å². The van der Waals surface area contributed by atoms with Crippen LogP contribution in [0.5, 0.6) is 0 Å². The van der Waals surface area contributed by atoms with Crippen LogP contribution in [0, 0.1) is 6.92 Å². The Labute approximate surface area is 175 Å². The molecule has 0 saturated heterocycles. The van der Waals surface area contributed by atoms with Crippen molar-refractivity contribution >= 4 is 39.3 Å². The third-order valence-corrected chi connectivity index (χ3v) is 5.71. The molecule has 30 heavy (non-hydrogen) atoms. The zero-order chi connectivity index (χ0) is 20.7. The number of benzene rings is 2. The Morgan fingerprint density at radius 2 is 1.93 bits per heavy atom. The number of anilines is 3. The smallest absolute Gasteiger partial charge is 0.224 e. The number of aryl methyl sites for hydroxylation is 2. The van der Waals surface area contributed by atoms with Gasteiger partial charge in [0.1, 0.15) is 5.82 Å². The third-order valence-electron chi connectivity index (χ3n) is 5.71. The Morgan fingerprint density at radius 1 is 1.03 bits per heavy atom. The Kier molecular flexibility index (Phi) is 4.39. The lowest BCUT2D eigenvalue weighted by Crippen LogP contribution is -2.13. The average Bonchev–Trinajstić information content (AvgIpc) is 3.35. The average molecular weight is 396 g/mol. The first-order valence-electron chi connectivity index (χ1n) is 10.0. The fourth-order valence-corrected chi connectivity index (χ4v) is 3.83. The van der Waals surface area contributed by atoms with Gasteiger partial charge in [-0.25, -0.2) is 4.98 Å². The molecule has 0 aliphatic rings. The molecule has 0 saturated carbocycles. The number of nitrogens with zero attached hydrogens (tertiary/aromatic N) is 4. The van der Waals surface area contributed by atoms with Crippen molar-refractivity contribution in [3.05, 3.63) is 78.2 Å². The fourth-order valence-electron chi connectivity index (χ4n) is 3.83. The second-order valence-corrected chi connectivity index (χ2v) is 7.64. The van der Waals surface area contributed by atoms with Crippen molar-refractivity contribution in [1.82, 2.24) is 19.5 Å². The molecule has 0 spiro atoms. The molecular weight excluding hydrogens is 372 g/mol. The highest BCUT2D eigenvalue weighted by molar-refractivity contribution is 5.86. The zero-order valence-electron chi connectivity index (χ0n) is 17.3. The molecule has 150 valence electrons. The molecule has 0 bridgehead atoms. The van der Waals surface area contributed by atoms with Gasteiger partial charge in [-0.05, 0) is 66.4 Å². The Bertz CT molecular complexity index is 1350. The van der Waals surface area contributed by atoms with Crippen LogP contribution >= 0.6 is 0 Å². The van der Waals surface area contributed by atoms with Gasteiger partial charge in [0.15, 0.2) is 0 Å². The van der Waals surface area contributed by atoms with Crippen molar-refractivity contribution in [2.75, 3.05) is 17.3 Å². The van der Waals surface area contributed by atoms with Crippen LogP contribution in [0.3, 0.4) is 0 Å². The van der Waals surface area contributed by atoms with Crippen molar-refractivity contribution in [2.24, 2.45) is 7.05 Å². The second-order valence-electron chi connectivity index (χ2n) is 7.64. The number of rotatable bonds is 5. The van der Waals surface area contributed by atoms with Gasteiger partial charge in [0, 0.05) is 60.8 Å². The summed E-state index contributed by atoms with van der Waals surface area (Å²) in [6, 6.07) is 19.1. The van der Waals surface area contributed by atoms with E-state index < -0.39 is 0 Å². The summed E-state index contributed by atoms with van der Waals surface area (Å²) in [5, 5.41) is 5.78. The summed E-state index contributed by atoms with van der Waals surface area (Å²) in [6.07, 6.45) is 3.75. The van der Waals surface area contributed by atoms with E-state index in [-0.39, 0.29) is 0 Å². The number of hydrogen-bond acceptors (Lipinski definition) is 4. The van der Waals surface area contributed by atoms with Gasteiger partial charge in [-0.2, -0.15) is 4.98 Å². The minimum absolute atomic E-state index is 0.616. The number of H-pyrrole nitrogens is 1. The van der Waals surface area contributed by atoms with Crippen molar-refractivity contribution in [3.63, 3.8) is 0 Å². The molecule has 5 aromatic rings. The minimum Gasteiger partial charge on any atom is -0.361 e. The molecule has 0 aliphatic carbocycles. The standard InChI is InChI=1S/C24H24N6/c1-16-12-19-14-20(5-7-22(19)29(16)2)30(3)23-9-11-26-24(28-23)27-15-17-4-6-21-18(13-17)8-10-25-21/h4-14,25H,15H2,1-3H3,(H,26,27,28). The van der Waals surface area contributed by atoms with Crippen molar-refractivity contribution in [2.45, 2.75) is 13.5 Å². The monoisotopic (exact) mass is 396 g/mol. The predicted octanol–water partition coefficient (Wildman–Crippen LogP) is 5.14. The van der Waals surface area contributed by atoms with Crippen LogP contribution in [0.15, 0.2) is 67.0 Å². The summed E-state index contributed by atoms with van der Waals surface area (Å²) in [5.74, 6) is 1.46.